The van der Waals surface area contributed by atoms with E-state index in [2.05, 4.69) is 4.90 Å². The fourth-order valence-corrected chi connectivity index (χ4v) is 2.44. The quantitative estimate of drug-likeness (QED) is 0.901. The summed E-state index contributed by atoms with van der Waals surface area (Å²) in [4.78, 5) is 2.25. The molecule has 0 aliphatic carbocycles. The summed E-state index contributed by atoms with van der Waals surface area (Å²) in [5.74, 6) is 0.754. The van der Waals surface area contributed by atoms with Gasteiger partial charge in [0.2, 0.25) is 0 Å². The van der Waals surface area contributed by atoms with Gasteiger partial charge in [0, 0.05) is 31.8 Å². The fourth-order valence-electron chi connectivity index (χ4n) is 2.44. The predicted octanol–water partition coefficient (Wildman–Crippen LogP) is 1.76. The molecule has 1 fully saturated rings. The molecule has 0 aromatic heterocycles. The van der Waals surface area contributed by atoms with E-state index >= 15 is 0 Å². The molecule has 106 valence electrons. The van der Waals surface area contributed by atoms with Crippen LogP contribution in [0.2, 0.25) is 0 Å². The highest BCUT2D eigenvalue weighted by Crippen LogP contribution is 2.27. The first-order valence-corrected chi connectivity index (χ1v) is 6.83. The molecule has 1 aromatic carbocycles. The minimum Gasteiger partial charge on any atom is -0.496 e. The van der Waals surface area contributed by atoms with Crippen LogP contribution >= 0.6 is 0 Å². The van der Waals surface area contributed by atoms with E-state index in [4.69, 9.17) is 9.47 Å². The maximum atomic E-state index is 10.4. The van der Waals surface area contributed by atoms with Crippen molar-refractivity contribution < 1.29 is 14.6 Å². The van der Waals surface area contributed by atoms with Crippen molar-refractivity contribution >= 4 is 0 Å². The highest BCUT2D eigenvalue weighted by Gasteiger charge is 2.18. The summed E-state index contributed by atoms with van der Waals surface area (Å²) in [5, 5.41) is 10.4. The average Bonchev–Trinajstić information content (AvgIpc) is 2.67. The third-order valence-electron chi connectivity index (χ3n) is 3.49. The Kier molecular flexibility index (Phi) is 5.19. The van der Waals surface area contributed by atoms with Gasteiger partial charge in [0.1, 0.15) is 5.75 Å². The number of aryl methyl sites for hydroxylation is 1. The van der Waals surface area contributed by atoms with Crippen molar-refractivity contribution in [3.8, 4) is 5.75 Å². The lowest BCUT2D eigenvalue weighted by molar-refractivity contribution is 0.102. The topological polar surface area (TPSA) is 41.9 Å². The monoisotopic (exact) mass is 265 g/mol. The lowest BCUT2D eigenvalue weighted by Gasteiger charge is -2.24. The summed E-state index contributed by atoms with van der Waals surface area (Å²) in [6.45, 7) is 6.08. The second-order valence-electron chi connectivity index (χ2n) is 5.03. The molecule has 1 heterocycles. The van der Waals surface area contributed by atoms with Gasteiger partial charge in [-0.15, -0.1) is 0 Å². The minimum atomic E-state index is -0.520. The zero-order valence-electron chi connectivity index (χ0n) is 11.8. The molecule has 1 saturated heterocycles. The second-order valence-corrected chi connectivity index (χ2v) is 5.03. The van der Waals surface area contributed by atoms with E-state index in [9.17, 15) is 5.11 Å². The van der Waals surface area contributed by atoms with Crippen LogP contribution in [-0.4, -0.2) is 50.0 Å². The molecule has 0 spiro atoms. The molecule has 1 aliphatic rings. The van der Waals surface area contributed by atoms with Crippen LogP contribution in [0.1, 0.15) is 23.7 Å². The van der Waals surface area contributed by atoms with E-state index in [0.29, 0.717) is 6.54 Å². The first kappa shape index (κ1) is 14.3. The average molecular weight is 265 g/mol. The van der Waals surface area contributed by atoms with Crippen LogP contribution in [0.4, 0.5) is 0 Å². The molecule has 2 rings (SSSR count). The highest BCUT2D eigenvalue weighted by atomic mass is 16.5. The van der Waals surface area contributed by atoms with Crippen LogP contribution in [0.3, 0.4) is 0 Å². The molecule has 4 nitrogen and oxygen atoms in total. The zero-order chi connectivity index (χ0) is 13.7. The number of nitrogens with zero attached hydrogens (tertiary/aromatic N) is 1. The maximum absolute atomic E-state index is 10.4. The summed E-state index contributed by atoms with van der Waals surface area (Å²) < 4.78 is 10.8. The second kappa shape index (κ2) is 6.89. The predicted molar refractivity (Wildman–Crippen MR) is 74.6 cm³/mol. The summed E-state index contributed by atoms with van der Waals surface area (Å²) in [5.41, 5.74) is 2.00. The number of hydrogen-bond acceptors (Lipinski definition) is 4. The summed E-state index contributed by atoms with van der Waals surface area (Å²) >= 11 is 0. The molecule has 4 heteroatoms. The van der Waals surface area contributed by atoms with Crippen LogP contribution in [0.5, 0.6) is 5.75 Å². The number of aliphatic hydroxyl groups is 1. The molecule has 1 atom stereocenters. The maximum Gasteiger partial charge on any atom is 0.124 e. The van der Waals surface area contributed by atoms with Crippen LogP contribution < -0.4 is 4.74 Å². The first-order valence-electron chi connectivity index (χ1n) is 6.83. The molecule has 1 aromatic rings. The Hall–Kier alpha value is -1.10. The van der Waals surface area contributed by atoms with Crippen LogP contribution in [0, 0.1) is 6.92 Å². The Labute approximate surface area is 114 Å². The Morgan fingerprint density at radius 2 is 2.21 bits per heavy atom. The third-order valence-corrected chi connectivity index (χ3v) is 3.49. The van der Waals surface area contributed by atoms with Crippen molar-refractivity contribution in [1.29, 1.82) is 0 Å². The van der Waals surface area contributed by atoms with Crippen LogP contribution in [0.15, 0.2) is 18.2 Å². The summed E-state index contributed by atoms with van der Waals surface area (Å²) in [6, 6.07) is 5.91. The van der Waals surface area contributed by atoms with Gasteiger partial charge in [0.25, 0.3) is 0 Å². The lowest BCUT2D eigenvalue weighted by Crippen LogP contribution is -2.31. The number of aliphatic hydroxyl groups excluding tert-OH is 1. The largest absolute Gasteiger partial charge is 0.496 e. The number of rotatable bonds is 4. The Morgan fingerprint density at radius 1 is 1.37 bits per heavy atom. The van der Waals surface area contributed by atoms with Crippen LogP contribution in [-0.2, 0) is 4.74 Å². The van der Waals surface area contributed by atoms with Gasteiger partial charge in [-0.1, -0.05) is 11.6 Å². The van der Waals surface area contributed by atoms with Gasteiger partial charge in [-0.3, -0.25) is 4.90 Å². The van der Waals surface area contributed by atoms with E-state index in [1.165, 1.54) is 0 Å². The minimum absolute atomic E-state index is 0.520. The summed E-state index contributed by atoms with van der Waals surface area (Å²) in [6.07, 6.45) is 0.505. The molecular weight excluding hydrogens is 242 g/mol. The summed E-state index contributed by atoms with van der Waals surface area (Å²) in [7, 11) is 1.64. The van der Waals surface area contributed by atoms with Crippen molar-refractivity contribution in [3.05, 3.63) is 29.3 Å². The lowest BCUT2D eigenvalue weighted by atomic mass is 10.0. The Morgan fingerprint density at radius 3 is 3.00 bits per heavy atom. The highest BCUT2D eigenvalue weighted by molar-refractivity contribution is 5.38. The smallest absolute Gasteiger partial charge is 0.124 e. The van der Waals surface area contributed by atoms with Gasteiger partial charge >= 0.3 is 0 Å². The van der Waals surface area contributed by atoms with Crippen molar-refractivity contribution in [3.63, 3.8) is 0 Å². The third kappa shape index (κ3) is 3.93. The van der Waals surface area contributed by atoms with Crippen LogP contribution in [0.25, 0.3) is 0 Å². The number of hydrogen-bond donors (Lipinski definition) is 1. The SMILES string of the molecule is COc1ccc(C)cc1C(O)CN1CCCOCC1. The van der Waals surface area contributed by atoms with Crippen molar-refractivity contribution in [1.82, 2.24) is 4.90 Å². The molecule has 0 saturated carbocycles. The number of benzene rings is 1. The molecule has 1 unspecified atom stereocenters. The van der Waals surface area contributed by atoms with Crippen molar-refractivity contribution in [2.45, 2.75) is 19.4 Å². The van der Waals surface area contributed by atoms with Crippen molar-refractivity contribution in [2.75, 3.05) is 40.0 Å². The van der Waals surface area contributed by atoms with Gasteiger partial charge in [0.05, 0.1) is 19.8 Å². The Balaban J connectivity index is 2.05. The number of β-amino-alcohol motifs (C(OH)–C–C–N with tert-alkyl or cyclic N) is 1. The molecule has 1 aliphatic heterocycles. The molecule has 0 amide bonds. The normalized spacial score (nSPS) is 18.9. The van der Waals surface area contributed by atoms with E-state index in [-0.39, 0.29) is 0 Å². The van der Waals surface area contributed by atoms with E-state index < -0.39 is 6.10 Å². The molecule has 0 bridgehead atoms. The first-order chi connectivity index (χ1) is 9.20. The molecule has 19 heavy (non-hydrogen) atoms. The number of ether oxygens (including phenoxy) is 2. The fraction of sp³-hybridized carbons (Fsp3) is 0.600. The number of methoxy groups -OCH3 is 1. The Bertz CT molecular complexity index is 400. The van der Waals surface area contributed by atoms with Gasteiger partial charge in [-0.25, -0.2) is 0 Å². The zero-order valence-corrected chi connectivity index (χ0v) is 11.8. The van der Waals surface area contributed by atoms with E-state index in [1.54, 1.807) is 7.11 Å². The molecule has 1 N–H and O–H groups in total. The van der Waals surface area contributed by atoms with Gasteiger partial charge in [-0.05, 0) is 25.5 Å². The van der Waals surface area contributed by atoms with Gasteiger partial charge in [0.15, 0.2) is 0 Å². The van der Waals surface area contributed by atoms with Crippen molar-refractivity contribution in [2.24, 2.45) is 0 Å². The van der Waals surface area contributed by atoms with E-state index in [1.807, 2.05) is 25.1 Å². The standard InChI is InChI=1S/C15H23NO3/c1-12-4-5-15(18-2)13(10-12)14(17)11-16-6-3-8-19-9-7-16/h4-5,10,14,17H,3,6-9,11H2,1-2H3. The molecular formula is C15H23NO3. The molecule has 0 radical (unpaired) electrons. The van der Waals surface area contributed by atoms with E-state index in [0.717, 1.165) is 49.6 Å². The van der Waals surface area contributed by atoms with Gasteiger partial charge < -0.3 is 14.6 Å². The van der Waals surface area contributed by atoms with Gasteiger partial charge in [-0.2, -0.15) is 0 Å².